The van der Waals surface area contributed by atoms with E-state index >= 15 is 0 Å². The molecule has 1 aliphatic carbocycles. The number of fused-ring (bicyclic) bond motifs is 2. The van der Waals surface area contributed by atoms with Crippen LogP contribution < -0.4 is 0 Å². The molecule has 1 saturated heterocycles. The highest BCUT2D eigenvalue weighted by atomic mass is 16.5. The van der Waals surface area contributed by atoms with Crippen LogP contribution >= 0.6 is 0 Å². The molecule has 1 aliphatic heterocycles. The van der Waals surface area contributed by atoms with E-state index in [0.29, 0.717) is 11.7 Å². The first-order valence-electron chi connectivity index (χ1n) is 8.64. The average molecular weight is 327 g/mol. The number of carbonyl (C=O) groups is 1. The summed E-state index contributed by atoms with van der Waals surface area (Å²) in [7, 11) is 1.75. The van der Waals surface area contributed by atoms with E-state index in [0.717, 1.165) is 42.6 Å². The summed E-state index contributed by atoms with van der Waals surface area (Å²) >= 11 is 0. The molecule has 128 valence electrons. The maximum Gasteiger partial charge on any atom is 0.289 e. The molecule has 2 aliphatic rings. The third-order valence-electron chi connectivity index (χ3n) is 6.07. The fraction of sp³-hybridized carbons (Fsp3) is 0.550. The van der Waals surface area contributed by atoms with Gasteiger partial charge in [0.2, 0.25) is 0 Å². The lowest BCUT2D eigenvalue weighted by Gasteiger charge is -2.56. The quantitative estimate of drug-likeness (QED) is 0.859. The highest BCUT2D eigenvalue weighted by Crippen LogP contribution is 2.62. The molecule has 24 heavy (non-hydrogen) atoms. The van der Waals surface area contributed by atoms with Crippen LogP contribution in [-0.4, -0.2) is 37.6 Å². The highest BCUT2D eigenvalue weighted by molar-refractivity contribution is 5.96. The van der Waals surface area contributed by atoms with Crippen LogP contribution in [0.5, 0.6) is 0 Å². The zero-order valence-electron chi connectivity index (χ0n) is 14.9. The minimum Gasteiger partial charge on any atom is -0.451 e. The van der Waals surface area contributed by atoms with Gasteiger partial charge in [-0.15, -0.1) is 0 Å². The molecule has 1 aromatic carbocycles. The van der Waals surface area contributed by atoms with Crippen molar-refractivity contribution in [1.29, 1.82) is 0 Å². The van der Waals surface area contributed by atoms with Crippen molar-refractivity contribution in [1.82, 2.24) is 4.90 Å². The number of nitrogens with zero attached hydrogens (tertiary/aromatic N) is 1. The van der Waals surface area contributed by atoms with Crippen LogP contribution in [0.15, 0.2) is 28.7 Å². The molecule has 0 unspecified atom stereocenters. The van der Waals surface area contributed by atoms with E-state index in [1.165, 1.54) is 0 Å². The first kappa shape index (κ1) is 15.7. The second-order valence-corrected chi connectivity index (χ2v) is 8.30. The molecule has 1 saturated carbocycles. The number of ether oxygens (including phenoxy) is 1. The van der Waals surface area contributed by atoms with Crippen molar-refractivity contribution in [3.63, 3.8) is 0 Å². The van der Waals surface area contributed by atoms with Crippen LogP contribution in [-0.2, 0) is 4.74 Å². The summed E-state index contributed by atoms with van der Waals surface area (Å²) in [6.07, 6.45) is 1.11. The second kappa shape index (κ2) is 5.09. The van der Waals surface area contributed by atoms with Gasteiger partial charge in [-0.3, -0.25) is 4.79 Å². The molecule has 4 nitrogen and oxygen atoms in total. The molecular weight excluding hydrogens is 302 g/mol. The predicted molar refractivity (Wildman–Crippen MR) is 93.1 cm³/mol. The molecule has 0 bridgehead atoms. The highest BCUT2D eigenvalue weighted by Gasteiger charge is 2.63. The van der Waals surface area contributed by atoms with Gasteiger partial charge in [0.15, 0.2) is 5.76 Å². The summed E-state index contributed by atoms with van der Waals surface area (Å²) in [5.41, 5.74) is 2.27. The fourth-order valence-corrected chi connectivity index (χ4v) is 5.23. The largest absolute Gasteiger partial charge is 0.451 e. The summed E-state index contributed by atoms with van der Waals surface area (Å²) in [6.45, 7) is 8.89. The minimum absolute atomic E-state index is 0.00581. The molecule has 1 aromatic heterocycles. The van der Waals surface area contributed by atoms with Crippen molar-refractivity contribution in [2.75, 3.05) is 26.8 Å². The normalized spacial score (nSPS) is 28.0. The number of hydrogen-bond donors (Lipinski definition) is 0. The van der Waals surface area contributed by atoms with Gasteiger partial charge in [-0.2, -0.15) is 0 Å². The van der Waals surface area contributed by atoms with Gasteiger partial charge in [-0.25, -0.2) is 0 Å². The Labute approximate surface area is 142 Å². The average Bonchev–Trinajstić information content (AvgIpc) is 3.08. The number of rotatable bonds is 3. The molecule has 1 amide bonds. The van der Waals surface area contributed by atoms with Crippen LogP contribution in [0.25, 0.3) is 11.0 Å². The van der Waals surface area contributed by atoms with Gasteiger partial charge < -0.3 is 14.1 Å². The van der Waals surface area contributed by atoms with E-state index in [9.17, 15) is 4.79 Å². The smallest absolute Gasteiger partial charge is 0.289 e. The lowest BCUT2D eigenvalue weighted by Crippen LogP contribution is -2.55. The first-order valence-corrected chi connectivity index (χ1v) is 8.64. The SMILES string of the molecule is COC[C@@]12CN(C(=O)c3cc4cccc(C)c4o3)C[C@@H]1C(C)(C)C2. The molecule has 2 fully saturated rings. The molecule has 4 rings (SSSR count). The Kier molecular flexibility index (Phi) is 3.33. The van der Waals surface area contributed by atoms with E-state index < -0.39 is 0 Å². The molecule has 0 spiro atoms. The van der Waals surface area contributed by atoms with Gasteiger partial charge in [-0.05, 0) is 36.3 Å². The number of methoxy groups -OCH3 is 1. The monoisotopic (exact) mass is 327 g/mol. The molecule has 0 N–H and O–H groups in total. The van der Waals surface area contributed by atoms with Crippen LogP contribution in [0.3, 0.4) is 0 Å². The maximum absolute atomic E-state index is 13.0. The number of likely N-dealkylation sites (tertiary alicyclic amines) is 1. The Morgan fingerprint density at radius 3 is 2.88 bits per heavy atom. The Balaban J connectivity index is 1.62. The molecule has 0 radical (unpaired) electrons. The topological polar surface area (TPSA) is 42.7 Å². The van der Waals surface area contributed by atoms with Crippen molar-refractivity contribution in [2.24, 2.45) is 16.7 Å². The number of amides is 1. The third kappa shape index (κ3) is 2.12. The van der Waals surface area contributed by atoms with Crippen LogP contribution in [0.4, 0.5) is 0 Å². The van der Waals surface area contributed by atoms with Crippen molar-refractivity contribution in [2.45, 2.75) is 27.2 Å². The third-order valence-corrected chi connectivity index (χ3v) is 6.07. The molecule has 2 heterocycles. The molecule has 4 heteroatoms. The van der Waals surface area contributed by atoms with E-state index in [2.05, 4.69) is 13.8 Å². The van der Waals surface area contributed by atoms with Gasteiger partial charge in [0.05, 0.1) is 6.61 Å². The lowest BCUT2D eigenvalue weighted by atomic mass is 9.48. The maximum atomic E-state index is 13.0. The molecular formula is C20H25NO3. The van der Waals surface area contributed by atoms with Crippen molar-refractivity contribution >= 4 is 16.9 Å². The number of carbonyl (C=O) groups excluding carboxylic acids is 1. The number of aryl methyl sites for hydroxylation is 1. The lowest BCUT2D eigenvalue weighted by molar-refractivity contribution is -0.107. The number of hydrogen-bond acceptors (Lipinski definition) is 3. The van der Waals surface area contributed by atoms with E-state index in [1.54, 1.807) is 7.11 Å². The van der Waals surface area contributed by atoms with E-state index in [1.807, 2.05) is 36.1 Å². The zero-order valence-corrected chi connectivity index (χ0v) is 14.9. The van der Waals surface area contributed by atoms with Crippen molar-refractivity contribution < 1.29 is 13.9 Å². The van der Waals surface area contributed by atoms with Crippen LogP contribution in [0.1, 0.15) is 36.4 Å². The summed E-state index contributed by atoms with van der Waals surface area (Å²) < 4.78 is 11.4. The van der Waals surface area contributed by atoms with E-state index in [-0.39, 0.29) is 16.7 Å². The Hall–Kier alpha value is -1.81. The number of furan rings is 1. The summed E-state index contributed by atoms with van der Waals surface area (Å²) in [4.78, 5) is 15.0. The molecule has 2 aromatic rings. The summed E-state index contributed by atoms with van der Waals surface area (Å²) in [5, 5.41) is 0.993. The Bertz CT molecular complexity index is 806. The van der Waals surface area contributed by atoms with Crippen LogP contribution in [0.2, 0.25) is 0 Å². The van der Waals surface area contributed by atoms with Gasteiger partial charge in [0.25, 0.3) is 5.91 Å². The second-order valence-electron chi connectivity index (χ2n) is 8.30. The summed E-state index contributed by atoms with van der Waals surface area (Å²) in [6, 6.07) is 7.87. The first-order chi connectivity index (χ1) is 11.4. The Morgan fingerprint density at radius 1 is 1.42 bits per heavy atom. The number of para-hydroxylation sites is 1. The molecule has 2 atom stereocenters. The zero-order chi connectivity index (χ0) is 17.1. The van der Waals surface area contributed by atoms with E-state index in [4.69, 9.17) is 9.15 Å². The predicted octanol–water partition coefficient (Wildman–Crippen LogP) is 3.88. The fourth-order valence-electron chi connectivity index (χ4n) is 5.23. The van der Waals surface area contributed by atoms with Crippen molar-refractivity contribution in [3.8, 4) is 0 Å². The summed E-state index contributed by atoms with van der Waals surface area (Å²) in [5.74, 6) is 0.956. The van der Waals surface area contributed by atoms with Gasteiger partial charge in [0.1, 0.15) is 5.58 Å². The van der Waals surface area contributed by atoms with Crippen LogP contribution in [0, 0.1) is 23.7 Å². The number of benzene rings is 1. The van der Waals surface area contributed by atoms with Gasteiger partial charge in [-0.1, -0.05) is 32.0 Å². The van der Waals surface area contributed by atoms with Crippen molar-refractivity contribution in [3.05, 3.63) is 35.6 Å². The van der Waals surface area contributed by atoms with Gasteiger partial charge in [0, 0.05) is 31.0 Å². The van der Waals surface area contributed by atoms with Gasteiger partial charge >= 0.3 is 0 Å². The Morgan fingerprint density at radius 2 is 2.21 bits per heavy atom. The standard InChI is InChI=1S/C20H25NO3/c1-13-6-5-7-14-8-15(24-17(13)14)18(22)21-9-16-19(2,3)10-20(16,11-21)12-23-4/h5-8,16H,9-12H2,1-4H3/t16-,20-/m1/s1. The minimum atomic E-state index is 0.00581.